The van der Waals surface area contributed by atoms with Crippen LogP contribution in [0.3, 0.4) is 0 Å². The zero-order chi connectivity index (χ0) is 20.8. The standard InChI is InChI=1S/C25H24N4O/c1-19(14-15-20-9-4-2-5-10-20)27-25(30)23-18-29(22-12-6-3-7-13-22)28-24(23)21-11-8-16-26-17-21/h2-13,16-19H,14-15H2,1H3,(H,27,30). The van der Waals surface area contributed by atoms with E-state index in [2.05, 4.69) is 27.5 Å². The zero-order valence-electron chi connectivity index (χ0n) is 16.9. The van der Waals surface area contributed by atoms with Crippen molar-refractivity contribution in [2.24, 2.45) is 0 Å². The van der Waals surface area contributed by atoms with Gasteiger partial charge in [-0.1, -0.05) is 48.5 Å². The minimum absolute atomic E-state index is 0.0412. The first kappa shape index (κ1) is 19.6. The molecular weight excluding hydrogens is 372 g/mol. The van der Waals surface area contributed by atoms with Crippen LogP contribution in [0.2, 0.25) is 0 Å². The molecule has 30 heavy (non-hydrogen) atoms. The van der Waals surface area contributed by atoms with E-state index in [0.29, 0.717) is 11.3 Å². The summed E-state index contributed by atoms with van der Waals surface area (Å²) in [6.07, 6.45) is 7.01. The van der Waals surface area contributed by atoms with Crippen LogP contribution in [0.5, 0.6) is 0 Å². The Balaban J connectivity index is 1.55. The first-order valence-electron chi connectivity index (χ1n) is 10.1. The van der Waals surface area contributed by atoms with Crippen LogP contribution in [-0.4, -0.2) is 26.7 Å². The summed E-state index contributed by atoms with van der Waals surface area (Å²) in [5.74, 6) is -0.128. The Morgan fingerprint density at radius 2 is 1.73 bits per heavy atom. The molecule has 2 aromatic carbocycles. The number of nitrogens with zero attached hydrogens (tertiary/aromatic N) is 3. The highest BCUT2D eigenvalue weighted by molar-refractivity contribution is 6.00. The van der Waals surface area contributed by atoms with Gasteiger partial charge < -0.3 is 5.32 Å². The largest absolute Gasteiger partial charge is 0.349 e. The maximum atomic E-state index is 13.1. The summed E-state index contributed by atoms with van der Waals surface area (Å²) in [5.41, 5.74) is 4.15. The monoisotopic (exact) mass is 396 g/mol. The fourth-order valence-corrected chi connectivity index (χ4v) is 3.37. The zero-order valence-corrected chi connectivity index (χ0v) is 16.9. The number of para-hydroxylation sites is 1. The van der Waals surface area contributed by atoms with Gasteiger partial charge in [0.1, 0.15) is 5.69 Å². The molecule has 150 valence electrons. The summed E-state index contributed by atoms with van der Waals surface area (Å²) < 4.78 is 1.74. The fourth-order valence-electron chi connectivity index (χ4n) is 3.37. The highest BCUT2D eigenvalue weighted by Gasteiger charge is 2.20. The van der Waals surface area contributed by atoms with E-state index < -0.39 is 0 Å². The quantitative estimate of drug-likeness (QED) is 0.493. The highest BCUT2D eigenvalue weighted by Crippen LogP contribution is 2.23. The lowest BCUT2D eigenvalue weighted by molar-refractivity contribution is 0.0939. The third-order valence-electron chi connectivity index (χ3n) is 5.00. The molecule has 0 fully saturated rings. The lowest BCUT2D eigenvalue weighted by Crippen LogP contribution is -2.33. The van der Waals surface area contributed by atoms with Crippen molar-refractivity contribution in [3.63, 3.8) is 0 Å². The molecule has 5 nitrogen and oxygen atoms in total. The molecule has 0 aliphatic rings. The maximum absolute atomic E-state index is 13.1. The van der Waals surface area contributed by atoms with Gasteiger partial charge in [-0.25, -0.2) is 4.68 Å². The summed E-state index contributed by atoms with van der Waals surface area (Å²) in [6.45, 7) is 2.03. The Morgan fingerprint density at radius 1 is 1.00 bits per heavy atom. The van der Waals surface area contributed by atoms with Gasteiger partial charge in [0.2, 0.25) is 0 Å². The van der Waals surface area contributed by atoms with E-state index in [9.17, 15) is 4.79 Å². The van der Waals surface area contributed by atoms with Crippen molar-refractivity contribution < 1.29 is 4.79 Å². The third kappa shape index (κ3) is 4.63. The van der Waals surface area contributed by atoms with E-state index in [4.69, 9.17) is 0 Å². The number of pyridine rings is 1. The number of benzene rings is 2. The molecule has 0 aliphatic heterocycles. The summed E-state index contributed by atoms with van der Waals surface area (Å²) in [7, 11) is 0. The van der Waals surface area contributed by atoms with Crippen molar-refractivity contribution in [3.05, 3.63) is 103 Å². The molecule has 4 aromatic rings. The first-order valence-corrected chi connectivity index (χ1v) is 10.1. The second-order valence-corrected chi connectivity index (χ2v) is 7.31. The van der Waals surface area contributed by atoms with Crippen LogP contribution in [0.4, 0.5) is 0 Å². The van der Waals surface area contributed by atoms with Crippen molar-refractivity contribution in [2.75, 3.05) is 0 Å². The van der Waals surface area contributed by atoms with E-state index >= 15 is 0 Å². The Labute approximate surface area is 176 Å². The minimum atomic E-state index is -0.128. The summed E-state index contributed by atoms with van der Waals surface area (Å²) in [5, 5.41) is 7.82. The van der Waals surface area contributed by atoms with Crippen molar-refractivity contribution in [2.45, 2.75) is 25.8 Å². The predicted molar refractivity (Wildman–Crippen MR) is 118 cm³/mol. The Morgan fingerprint density at radius 3 is 2.43 bits per heavy atom. The van der Waals surface area contributed by atoms with Gasteiger partial charge in [0.25, 0.3) is 5.91 Å². The second-order valence-electron chi connectivity index (χ2n) is 7.31. The molecule has 5 heteroatoms. The van der Waals surface area contributed by atoms with E-state index in [0.717, 1.165) is 24.1 Å². The normalized spacial score (nSPS) is 11.8. The average Bonchev–Trinajstić information content (AvgIpc) is 3.25. The second kappa shape index (κ2) is 9.18. The van der Waals surface area contributed by atoms with Gasteiger partial charge >= 0.3 is 0 Å². The molecule has 0 aliphatic carbocycles. The van der Waals surface area contributed by atoms with E-state index in [1.807, 2.05) is 67.6 Å². The van der Waals surface area contributed by atoms with Gasteiger partial charge in [-0.3, -0.25) is 9.78 Å². The molecule has 1 amide bonds. The van der Waals surface area contributed by atoms with Crippen molar-refractivity contribution in [3.8, 4) is 16.9 Å². The van der Waals surface area contributed by atoms with Gasteiger partial charge in [-0.05, 0) is 49.6 Å². The van der Waals surface area contributed by atoms with Crippen LogP contribution in [-0.2, 0) is 6.42 Å². The number of aryl methyl sites for hydroxylation is 1. The number of rotatable bonds is 7. The molecule has 0 bridgehead atoms. The van der Waals surface area contributed by atoms with E-state index in [1.165, 1.54) is 5.56 Å². The van der Waals surface area contributed by atoms with Gasteiger partial charge in [0, 0.05) is 30.2 Å². The first-order chi connectivity index (χ1) is 14.7. The van der Waals surface area contributed by atoms with Crippen LogP contribution in [0, 0.1) is 0 Å². The van der Waals surface area contributed by atoms with Gasteiger partial charge in [-0.2, -0.15) is 5.10 Å². The molecule has 0 spiro atoms. The maximum Gasteiger partial charge on any atom is 0.255 e. The molecule has 2 aromatic heterocycles. The van der Waals surface area contributed by atoms with E-state index in [1.54, 1.807) is 23.3 Å². The molecule has 1 atom stereocenters. The molecule has 1 N–H and O–H groups in total. The molecule has 4 rings (SSSR count). The Hall–Kier alpha value is -3.73. The lowest BCUT2D eigenvalue weighted by Gasteiger charge is -2.14. The number of hydrogen-bond acceptors (Lipinski definition) is 3. The topological polar surface area (TPSA) is 59.8 Å². The number of amides is 1. The van der Waals surface area contributed by atoms with E-state index in [-0.39, 0.29) is 11.9 Å². The Kier molecular flexibility index (Phi) is 5.99. The Bertz CT molecular complexity index is 1090. The molecule has 2 heterocycles. The fraction of sp³-hybridized carbons (Fsp3) is 0.160. The number of nitrogens with one attached hydrogen (secondary N) is 1. The summed E-state index contributed by atoms with van der Waals surface area (Å²) >= 11 is 0. The van der Waals surface area contributed by atoms with Crippen LogP contribution in [0.1, 0.15) is 29.3 Å². The summed E-state index contributed by atoms with van der Waals surface area (Å²) in [6, 6.07) is 23.9. The molecule has 1 unspecified atom stereocenters. The lowest BCUT2D eigenvalue weighted by atomic mass is 10.1. The number of carbonyl (C=O) groups is 1. The predicted octanol–water partition coefficient (Wildman–Crippen LogP) is 4.69. The van der Waals surface area contributed by atoms with Crippen LogP contribution in [0.25, 0.3) is 16.9 Å². The number of carbonyl (C=O) groups excluding carboxylic acids is 1. The van der Waals surface area contributed by atoms with Crippen LogP contribution in [0.15, 0.2) is 91.4 Å². The van der Waals surface area contributed by atoms with Gasteiger partial charge in [0.15, 0.2) is 0 Å². The van der Waals surface area contributed by atoms with Gasteiger partial charge in [0.05, 0.1) is 11.3 Å². The van der Waals surface area contributed by atoms with Crippen molar-refractivity contribution in [1.29, 1.82) is 0 Å². The van der Waals surface area contributed by atoms with Gasteiger partial charge in [-0.15, -0.1) is 0 Å². The smallest absolute Gasteiger partial charge is 0.255 e. The SMILES string of the molecule is CC(CCc1ccccc1)NC(=O)c1cn(-c2ccccc2)nc1-c1cccnc1. The molecule has 0 radical (unpaired) electrons. The molecule has 0 saturated carbocycles. The minimum Gasteiger partial charge on any atom is -0.349 e. The third-order valence-corrected chi connectivity index (χ3v) is 5.00. The van der Waals surface area contributed by atoms with Crippen molar-refractivity contribution in [1.82, 2.24) is 20.1 Å². The summed E-state index contributed by atoms with van der Waals surface area (Å²) in [4.78, 5) is 17.3. The number of hydrogen-bond donors (Lipinski definition) is 1. The molecule has 0 saturated heterocycles. The average molecular weight is 396 g/mol. The van der Waals surface area contributed by atoms with Crippen LogP contribution < -0.4 is 5.32 Å². The highest BCUT2D eigenvalue weighted by atomic mass is 16.1. The van der Waals surface area contributed by atoms with Crippen LogP contribution >= 0.6 is 0 Å². The van der Waals surface area contributed by atoms with Crippen molar-refractivity contribution >= 4 is 5.91 Å². The molecular formula is C25H24N4O. The number of aromatic nitrogens is 3.